The van der Waals surface area contributed by atoms with E-state index in [0.717, 1.165) is 57.8 Å². The van der Waals surface area contributed by atoms with Crippen molar-refractivity contribution in [3.8, 4) is 0 Å². The van der Waals surface area contributed by atoms with Gasteiger partial charge < -0.3 is 0 Å². The molecule has 0 saturated carbocycles. The molecular weight excluding hydrogens is 415 g/mol. The SMILES string of the molecule is CCCCCCCC(=O)OCC(C[As](=O)(O)O)OC(=O)CCCCCCC. The van der Waals surface area contributed by atoms with Crippen LogP contribution >= 0.6 is 0 Å². The fourth-order valence-corrected chi connectivity index (χ4v) is 4.13. The van der Waals surface area contributed by atoms with E-state index in [1.54, 1.807) is 0 Å². The van der Waals surface area contributed by atoms with Gasteiger partial charge in [-0.25, -0.2) is 0 Å². The fraction of sp³-hybridized carbons (Fsp3) is 0.895. The topological polar surface area (TPSA) is 110 Å². The minimum atomic E-state index is -5.01. The van der Waals surface area contributed by atoms with Crippen molar-refractivity contribution in [2.75, 3.05) is 6.61 Å². The fourth-order valence-electron chi connectivity index (χ4n) is 2.64. The van der Waals surface area contributed by atoms with Crippen LogP contribution in [0.25, 0.3) is 0 Å². The van der Waals surface area contributed by atoms with E-state index >= 15 is 0 Å². The second-order valence-electron chi connectivity index (χ2n) is 6.97. The van der Waals surface area contributed by atoms with Crippen LogP contribution in [0, 0.1) is 0 Å². The third-order valence-corrected chi connectivity index (χ3v) is 5.99. The van der Waals surface area contributed by atoms with Gasteiger partial charge in [-0.2, -0.15) is 0 Å². The molecule has 0 saturated heterocycles. The maximum absolute atomic E-state index is 11.9. The van der Waals surface area contributed by atoms with Crippen LogP contribution in [-0.4, -0.2) is 47.0 Å². The van der Waals surface area contributed by atoms with Crippen molar-refractivity contribution >= 4 is 26.1 Å². The number of unbranched alkanes of at least 4 members (excludes halogenated alkanes) is 8. The first-order valence-corrected chi connectivity index (χ1v) is 13.9. The first-order chi connectivity index (χ1) is 12.8. The molecule has 0 rings (SSSR count). The average molecular weight is 452 g/mol. The van der Waals surface area contributed by atoms with Crippen molar-refractivity contribution in [1.82, 2.24) is 0 Å². The summed E-state index contributed by atoms with van der Waals surface area (Å²) in [6.45, 7) is 3.92. The van der Waals surface area contributed by atoms with Crippen molar-refractivity contribution in [2.24, 2.45) is 0 Å². The van der Waals surface area contributed by atoms with Gasteiger partial charge in [0.2, 0.25) is 0 Å². The van der Waals surface area contributed by atoms with Crippen molar-refractivity contribution in [3.63, 3.8) is 0 Å². The average Bonchev–Trinajstić information content (AvgIpc) is 2.58. The Balaban J connectivity index is 4.21. The monoisotopic (exact) mass is 452 g/mol. The van der Waals surface area contributed by atoms with Gasteiger partial charge >= 0.3 is 166 Å². The molecule has 27 heavy (non-hydrogen) atoms. The van der Waals surface area contributed by atoms with Gasteiger partial charge in [0, 0.05) is 0 Å². The summed E-state index contributed by atoms with van der Waals surface area (Å²) in [5.74, 6) is -0.929. The number of carbonyl (C=O) groups excluding carboxylic acids is 2. The summed E-state index contributed by atoms with van der Waals surface area (Å²) < 4.78 is 39.9. The summed E-state index contributed by atoms with van der Waals surface area (Å²) in [6, 6.07) is 0. The van der Waals surface area contributed by atoms with E-state index in [1.807, 2.05) is 0 Å². The van der Waals surface area contributed by atoms with E-state index in [2.05, 4.69) is 13.8 Å². The molecule has 0 fully saturated rings. The summed E-state index contributed by atoms with van der Waals surface area (Å²) in [5, 5.41) is -0.580. The van der Waals surface area contributed by atoms with Crippen LogP contribution in [0.3, 0.4) is 0 Å². The Hall–Kier alpha value is -0.782. The molecule has 0 aromatic heterocycles. The zero-order chi connectivity index (χ0) is 20.5. The van der Waals surface area contributed by atoms with Crippen LogP contribution in [0.2, 0.25) is 5.21 Å². The molecule has 2 N–H and O–H groups in total. The molecule has 1 atom stereocenters. The van der Waals surface area contributed by atoms with Gasteiger partial charge in [0.05, 0.1) is 0 Å². The van der Waals surface area contributed by atoms with Crippen LogP contribution in [0.15, 0.2) is 0 Å². The molecular formula is C19H37AsO7. The summed E-state index contributed by atoms with van der Waals surface area (Å²) in [7, 11) is 0. The van der Waals surface area contributed by atoms with Gasteiger partial charge in [-0.15, -0.1) is 0 Å². The van der Waals surface area contributed by atoms with E-state index in [9.17, 15) is 21.5 Å². The van der Waals surface area contributed by atoms with Gasteiger partial charge in [-0.1, -0.05) is 0 Å². The molecule has 0 aliphatic heterocycles. The summed E-state index contributed by atoms with van der Waals surface area (Å²) in [5.41, 5.74) is 0. The number of rotatable bonds is 17. The number of hydrogen-bond donors (Lipinski definition) is 2. The Bertz CT molecular complexity index is 447. The molecule has 0 radical (unpaired) electrons. The number of carbonyl (C=O) groups is 2. The zero-order valence-electron chi connectivity index (χ0n) is 16.9. The van der Waals surface area contributed by atoms with Crippen LogP contribution < -0.4 is 0 Å². The minimum absolute atomic E-state index is 0.208. The molecule has 7 nitrogen and oxygen atoms in total. The summed E-state index contributed by atoms with van der Waals surface area (Å²) >= 11 is -5.01. The molecule has 0 aromatic rings. The van der Waals surface area contributed by atoms with E-state index in [4.69, 9.17) is 9.47 Å². The molecule has 0 bridgehead atoms. The standard InChI is InChI=1S/C19H37AsO7/c1-3-5-7-9-11-13-18(21)26-16-17(15-20(23,24)25)27-19(22)14-12-10-8-6-4-2/h17H,3-16H2,1-2H3,(H2,23,24,25). The Morgan fingerprint density at radius 1 is 0.815 bits per heavy atom. The third-order valence-electron chi connectivity index (χ3n) is 4.14. The predicted molar refractivity (Wildman–Crippen MR) is 103 cm³/mol. The third kappa shape index (κ3) is 18.4. The van der Waals surface area contributed by atoms with Gasteiger partial charge in [-0.3, -0.25) is 0 Å². The van der Waals surface area contributed by atoms with Crippen LogP contribution in [-0.2, 0) is 22.8 Å². The number of esters is 2. The Morgan fingerprint density at radius 3 is 1.78 bits per heavy atom. The normalized spacial score (nSPS) is 12.6. The molecule has 160 valence electrons. The van der Waals surface area contributed by atoms with Gasteiger partial charge in [0.25, 0.3) is 0 Å². The van der Waals surface area contributed by atoms with Crippen LogP contribution in [0.4, 0.5) is 0 Å². The van der Waals surface area contributed by atoms with E-state index in [0.29, 0.717) is 6.42 Å². The van der Waals surface area contributed by atoms with Gasteiger partial charge in [0.15, 0.2) is 0 Å². The summed E-state index contributed by atoms with van der Waals surface area (Å²) in [6.07, 6.45) is 9.28. The van der Waals surface area contributed by atoms with E-state index < -0.39 is 37.4 Å². The first-order valence-electron chi connectivity index (χ1n) is 10.2. The second-order valence-corrected chi connectivity index (χ2v) is 10.5. The molecule has 0 aromatic carbocycles. The van der Waals surface area contributed by atoms with Gasteiger partial charge in [-0.05, 0) is 0 Å². The molecule has 0 amide bonds. The quantitative estimate of drug-likeness (QED) is 0.197. The van der Waals surface area contributed by atoms with Crippen molar-refractivity contribution < 1.29 is 31.0 Å². The second kappa shape index (κ2) is 16.2. The number of ether oxygens (including phenoxy) is 2. The first kappa shape index (κ1) is 26.2. The van der Waals surface area contributed by atoms with Crippen molar-refractivity contribution in [3.05, 3.63) is 0 Å². The van der Waals surface area contributed by atoms with Gasteiger partial charge in [0.1, 0.15) is 0 Å². The van der Waals surface area contributed by atoms with Crippen LogP contribution in [0.1, 0.15) is 90.9 Å². The summed E-state index contributed by atoms with van der Waals surface area (Å²) in [4.78, 5) is 23.6. The Labute approximate surface area is 166 Å². The predicted octanol–water partition coefficient (Wildman–Crippen LogP) is 3.52. The van der Waals surface area contributed by atoms with E-state index in [1.165, 1.54) is 0 Å². The van der Waals surface area contributed by atoms with Crippen LogP contribution in [0.5, 0.6) is 0 Å². The Morgan fingerprint density at radius 2 is 1.30 bits per heavy atom. The van der Waals surface area contributed by atoms with Crippen molar-refractivity contribution in [2.45, 2.75) is 102 Å². The maximum atomic E-state index is 11.9. The number of hydrogen-bond acceptors (Lipinski definition) is 5. The molecule has 1 unspecified atom stereocenters. The molecule has 0 heterocycles. The molecule has 0 spiro atoms. The van der Waals surface area contributed by atoms with E-state index in [-0.39, 0.29) is 19.4 Å². The molecule has 8 heteroatoms. The molecule has 0 aliphatic carbocycles. The Kier molecular flexibility index (Phi) is 15.7. The van der Waals surface area contributed by atoms with Crippen molar-refractivity contribution in [1.29, 1.82) is 0 Å². The molecule has 0 aliphatic rings. The zero-order valence-corrected chi connectivity index (χ0v) is 18.7.